The van der Waals surface area contributed by atoms with E-state index in [4.69, 9.17) is 0 Å². The number of nitrogens with one attached hydrogen (secondary N) is 1. The molecule has 1 N–H and O–H groups in total. The molecular weight excluding hydrogens is 360 g/mol. The fraction of sp³-hybridized carbons (Fsp3) is 0.542. The van der Waals surface area contributed by atoms with E-state index < -0.39 is 0 Å². The summed E-state index contributed by atoms with van der Waals surface area (Å²) in [4.78, 5) is 23.8. The summed E-state index contributed by atoms with van der Waals surface area (Å²) in [7, 11) is 2.23. The first-order chi connectivity index (χ1) is 14.1. The molecule has 0 aliphatic carbocycles. The van der Waals surface area contributed by atoms with Gasteiger partial charge in [0, 0.05) is 37.8 Å². The van der Waals surface area contributed by atoms with Crippen LogP contribution >= 0.6 is 0 Å². The van der Waals surface area contributed by atoms with Crippen LogP contribution in [0.5, 0.6) is 0 Å². The highest BCUT2D eigenvalue weighted by molar-refractivity contribution is 5.93. The van der Waals surface area contributed by atoms with E-state index in [1.807, 2.05) is 18.3 Å². The van der Waals surface area contributed by atoms with E-state index in [0.29, 0.717) is 23.6 Å². The van der Waals surface area contributed by atoms with Crippen LogP contribution in [0.4, 0.5) is 0 Å². The zero-order valence-electron chi connectivity index (χ0n) is 17.6. The number of amides is 1. The van der Waals surface area contributed by atoms with Crippen molar-refractivity contribution in [3.05, 3.63) is 59.4 Å². The van der Waals surface area contributed by atoms with Crippen molar-refractivity contribution in [3.8, 4) is 0 Å². The lowest BCUT2D eigenvalue weighted by atomic mass is 9.87. The van der Waals surface area contributed by atoms with Gasteiger partial charge in [-0.05, 0) is 69.1 Å². The number of carbonyl (C=O) groups is 1. The lowest BCUT2D eigenvalue weighted by Crippen LogP contribution is -2.44. The Balaban J connectivity index is 1.42. The number of rotatable bonds is 3. The van der Waals surface area contributed by atoms with Gasteiger partial charge in [-0.1, -0.05) is 24.3 Å². The van der Waals surface area contributed by atoms with Crippen LogP contribution in [0.2, 0.25) is 0 Å². The van der Waals surface area contributed by atoms with Gasteiger partial charge in [-0.2, -0.15) is 0 Å². The standard InChI is InChI=1S/C24H32N4O/c1-17-6-3-4-7-20(17)23-21-16-27(19-9-12-26(2)13-10-19)14-18(21)15-28(23)24(29)22-8-5-11-25-22/h3-8,11,18-19,21,23,25H,9-10,12-16H2,1-2H3/t18-,21-,23+/m0/s1. The molecule has 0 spiro atoms. The highest BCUT2D eigenvalue weighted by atomic mass is 16.2. The summed E-state index contributed by atoms with van der Waals surface area (Å²) in [5.41, 5.74) is 3.32. The lowest BCUT2D eigenvalue weighted by Gasteiger charge is -2.37. The van der Waals surface area contributed by atoms with E-state index in [1.54, 1.807) is 0 Å². The molecule has 3 fully saturated rings. The quantitative estimate of drug-likeness (QED) is 0.873. The first-order valence-electron chi connectivity index (χ1n) is 11.0. The number of benzene rings is 1. The maximum atomic E-state index is 13.3. The lowest BCUT2D eigenvalue weighted by molar-refractivity contribution is 0.0673. The van der Waals surface area contributed by atoms with Gasteiger partial charge in [0.25, 0.3) is 5.91 Å². The Labute approximate surface area is 173 Å². The minimum absolute atomic E-state index is 0.142. The van der Waals surface area contributed by atoms with Gasteiger partial charge in [-0.15, -0.1) is 0 Å². The number of hydrogen-bond acceptors (Lipinski definition) is 3. The molecule has 2 aromatic rings. The number of carbonyl (C=O) groups excluding carboxylic acids is 1. The van der Waals surface area contributed by atoms with Gasteiger partial charge in [0.15, 0.2) is 0 Å². The van der Waals surface area contributed by atoms with Crippen LogP contribution in [0.3, 0.4) is 0 Å². The Bertz CT molecular complexity index is 856. The summed E-state index contributed by atoms with van der Waals surface area (Å²) in [5.74, 6) is 1.23. The Morgan fingerprint density at radius 1 is 1.03 bits per heavy atom. The van der Waals surface area contributed by atoms with Crippen molar-refractivity contribution in [3.63, 3.8) is 0 Å². The summed E-state index contributed by atoms with van der Waals surface area (Å²) in [6, 6.07) is 13.3. The van der Waals surface area contributed by atoms with E-state index in [9.17, 15) is 4.79 Å². The molecule has 0 radical (unpaired) electrons. The molecule has 0 saturated carbocycles. The predicted octanol–water partition coefficient (Wildman–Crippen LogP) is 3.16. The molecule has 154 valence electrons. The van der Waals surface area contributed by atoms with Crippen LogP contribution in [0.15, 0.2) is 42.6 Å². The Kier molecular flexibility index (Phi) is 4.96. The van der Waals surface area contributed by atoms with E-state index >= 15 is 0 Å². The Hall–Kier alpha value is -2.11. The third-order valence-electron chi connectivity index (χ3n) is 7.49. The molecule has 1 amide bonds. The zero-order chi connectivity index (χ0) is 20.0. The molecule has 3 saturated heterocycles. The topological polar surface area (TPSA) is 42.6 Å². The second kappa shape index (κ2) is 7.62. The number of fused-ring (bicyclic) bond motifs is 1. The molecule has 0 unspecified atom stereocenters. The highest BCUT2D eigenvalue weighted by Gasteiger charge is 2.50. The molecule has 29 heavy (non-hydrogen) atoms. The summed E-state index contributed by atoms with van der Waals surface area (Å²) in [6.45, 7) is 7.71. The molecule has 0 bridgehead atoms. The fourth-order valence-electron chi connectivity index (χ4n) is 5.88. The average molecular weight is 393 g/mol. The fourth-order valence-corrected chi connectivity index (χ4v) is 5.88. The van der Waals surface area contributed by atoms with Crippen molar-refractivity contribution in [2.24, 2.45) is 11.8 Å². The monoisotopic (exact) mass is 392 g/mol. The predicted molar refractivity (Wildman–Crippen MR) is 115 cm³/mol. The number of aryl methyl sites for hydroxylation is 1. The maximum absolute atomic E-state index is 13.3. The van der Waals surface area contributed by atoms with Crippen LogP contribution in [0.25, 0.3) is 0 Å². The molecule has 5 rings (SSSR count). The first kappa shape index (κ1) is 18.9. The van der Waals surface area contributed by atoms with E-state index in [0.717, 1.165) is 19.6 Å². The van der Waals surface area contributed by atoms with Gasteiger partial charge in [-0.3, -0.25) is 9.69 Å². The van der Waals surface area contributed by atoms with Gasteiger partial charge < -0.3 is 14.8 Å². The van der Waals surface area contributed by atoms with Crippen LogP contribution in [0.1, 0.15) is 40.5 Å². The molecule has 4 heterocycles. The molecule has 5 nitrogen and oxygen atoms in total. The number of nitrogens with zero attached hydrogens (tertiary/aromatic N) is 3. The highest BCUT2D eigenvalue weighted by Crippen LogP contribution is 2.47. The summed E-state index contributed by atoms with van der Waals surface area (Å²) in [6.07, 6.45) is 4.39. The largest absolute Gasteiger partial charge is 0.357 e. The average Bonchev–Trinajstić information content (AvgIpc) is 3.45. The molecular formula is C24H32N4O. The van der Waals surface area contributed by atoms with Crippen molar-refractivity contribution in [2.75, 3.05) is 39.8 Å². The van der Waals surface area contributed by atoms with Crippen LogP contribution in [-0.4, -0.2) is 71.4 Å². The Morgan fingerprint density at radius 3 is 2.55 bits per heavy atom. The third kappa shape index (κ3) is 3.40. The molecule has 3 atom stereocenters. The van der Waals surface area contributed by atoms with Crippen molar-refractivity contribution >= 4 is 5.91 Å². The van der Waals surface area contributed by atoms with Crippen molar-refractivity contribution in [1.29, 1.82) is 0 Å². The van der Waals surface area contributed by atoms with Crippen LogP contribution < -0.4 is 0 Å². The smallest absolute Gasteiger partial charge is 0.270 e. The first-order valence-corrected chi connectivity index (χ1v) is 11.0. The van der Waals surface area contributed by atoms with Crippen LogP contribution in [-0.2, 0) is 0 Å². The normalized spacial score (nSPS) is 28.8. The second-order valence-electron chi connectivity index (χ2n) is 9.26. The number of H-pyrrole nitrogens is 1. The minimum atomic E-state index is 0.142. The summed E-state index contributed by atoms with van der Waals surface area (Å²) in [5, 5.41) is 0. The SMILES string of the molecule is Cc1ccccc1[C@@H]1[C@H]2CN(C3CCN(C)CC3)C[C@H]2CN1C(=O)c1ccc[nH]1. The van der Waals surface area contributed by atoms with Crippen molar-refractivity contribution in [1.82, 2.24) is 19.7 Å². The Morgan fingerprint density at radius 2 is 1.83 bits per heavy atom. The van der Waals surface area contributed by atoms with E-state index in [2.05, 4.69) is 57.9 Å². The van der Waals surface area contributed by atoms with E-state index in [-0.39, 0.29) is 11.9 Å². The number of likely N-dealkylation sites (tertiary alicyclic amines) is 3. The molecule has 1 aromatic carbocycles. The molecule has 3 aliphatic rings. The third-order valence-corrected chi connectivity index (χ3v) is 7.49. The minimum Gasteiger partial charge on any atom is -0.357 e. The maximum Gasteiger partial charge on any atom is 0.270 e. The number of aromatic amines is 1. The van der Waals surface area contributed by atoms with Crippen molar-refractivity contribution < 1.29 is 4.79 Å². The van der Waals surface area contributed by atoms with Gasteiger partial charge in [0.1, 0.15) is 5.69 Å². The second-order valence-corrected chi connectivity index (χ2v) is 9.26. The van der Waals surface area contributed by atoms with Crippen LogP contribution in [0, 0.1) is 18.8 Å². The molecule has 3 aliphatic heterocycles. The summed E-state index contributed by atoms with van der Waals surface area (Å²) >= 11 is 0. The molecule has 1 aromatic heterocycles. The van der Waals surface area contributed by atoms with Crippen molar-refractivity contribution in [2.45, 2.75) is 31.8 Å². The van der Waals surface area contributed by atoms with Gasteiger partial charge >= 0.3 is 0 Å². The van der Waals surface area contributed by atoms with E-state index in [1.165, 1.54) is 37.1 Å². The zero-order valence-corrected chi connectivity index (χ0v) is 17.6. The van der Waals surface area contributed by atoms with Gasteiger partial charge in [0.2, 0.25) is 0 Å². The number of piperidine rings is 1. The van der Waals surface area contributed by atoms with Gasteiger partial charge in [0.05, 0.1) is 6.04 Å². The number of hydrogen-bond donors (Lipinski definition) is 1. The molecule has 5 heteroatoms. The summed E-state index contributed by atoms with van der Waals surface area (Å²) < 4.78 is 0. The van der Waals surface area contributed by atoms with Gasteiger partial charge in [-0.25, -0.2) is 0 Å². The number of aromatic nitrogens is 1.